The fourth-order valence-electron chi connectivity index (χ4n) is 5.68. The molecule has 0 fully saturated rings. The molecular weight excluding hydrogens is 781 g/mol. The van der Waals surface area contributed by atoms with Gasteiger partial charge in [-0.05, 0) is 67.0 Å². The van der Waals surface area contributed by atoms with Crippen LogP contribution in [0.3, 0.4) is 0 Å². The lowest BCUT2D eigenvalue weighted by Crippen LogP contribution is -2.51. The fourth-order valence-corrected chi connectivity index (χ4v) is 8.66. The number of para-hydroxylation sites is 1. The van der Waals surface area contributed by atoms with Gasteiger partial charge in [0.2, 0.25) is 0 Å². The van der Waals surface area contributed by atoms with Crippen molar-refractivity contribution in [1.82, 2.24) is 0 Å². The van der Waals surface area contributed by atoms with E-state index in [1.165, 1.54) is 66.4 Å². The Hall–Kier alpha value is -6.36. The number of nitro groups is 2. The summed E-state index contributed by atoms with van der Waals surface area (Å²) in [6.45, 7) is 0. The second-order valence-electron chi connectivity index (χ2n) is 11.7. The maximum Gasteiger partial charge on any atom is 0.349 e. The quantitative estimate of drug-likeness (QED) is 0.0489. The number of nitrogens with two attached hydrogens (primary N) is 1. The average Bonchev–Trinajstić information content (AvgIpc) is 3.15. The summed E-state index contributed by atoms with van der Waals surface area (Å²) in [4.78, 5) is 34.4. The van der Waals surface area contributed by atoms with Gasteiger partial charge in [-0.3, -0.25) is 25.0 Å². The van der Waals surface area contributed by atoms with Gasteiger partial charge in [-0.25, -0.2) is 13.2 Å². The zero-order valence-corrected chi connectivity index (χ0v) is 30.5. The van der Waals surface area contributed by atoms with Gasteiger partial charge in [0.05, 0.1) is 26.1 Å². The highest BCUT2D eigenvalue weighted by Gasteiger charge is 2.52. The first-order chi connectivity index (χ1) is 26.1. The zero-order valence-electron chi connectivity index (χ0n) is 28.1. The second kappa shape index (κ2) is 14.8. The molecule has 0 radical (unpaired) electrons. The summed E-state index contributed by atoms with van der Waals surface area (Å²) >= 11 is 1.29. The average molecular weight is 807 g/mol. The standard InChI is InChI=1S/C33H26N8O11S3/c1-53-18-17-33(34)21-13-14-26(30(41(46)47)31(21)55(50,51)52-32(33)43)38-37-25-12-6-11-24(29(25)40(44)45)36-35-22-15-16-27(42)20-9-5-10-23(28(20)22)39-54(48,49)19-7-3-2-4-8-19/h2-16,39,42H,17-18,34H2,1H3. The van der Waals surface area contributed by atoms with Gasteiger partial charge in [0.25, 0.3) is 10.0 Å². The van der Waals surface area contributed by atoms with Crippen LogP contribution in [-0.2, 0) is 34.7 Å². The lowest BCUT2D eigenvalue weighted by atomic mass is 9.87. The molecule has 1 unspecified atom stereocenters. The summed E-state index contributed by atoms with van der Waals surface area (Å²) in [6.07, 6.45) is 1.59. The van der Waals surface area contributed by atoms with E-state index in [0.717, 1.165) is 18.2 Å². The molecule has 282 valence electrons. The number of azo groups is 2. The Labute approximate surface area is 315 Å². The summed E-state index contributed by atoms with van der Waals surface area (Å²) in [5, 5.41) is 51.3. The molecule has 19 nitrogen and oxygen atoms in total. The van der Waals surface area contributed by atoms with Crippen molar-refractivity contribution in [1.29, 1.82) is 0 Å². The second-order valence-corrected chi connectivity index (χ2v) is 15.8. The maximum absolute atomic E-state index is 13.2. The van der Waals surface area contributed by atoms with Crippen LogP contribution in [0.4, 0.5) is 39.8 Å². The minimum absolute atomic E-state index is 0.000549. The number of carbonyl (C=O) groups is 1. The number of thioether (sulfide) groups is 1. The van der Waals surface area contributed by atoms with Gasteiger partial charge in [-0.1, -0.05) is 42.5 Å². The SMILES string of the molecule is CSCCC1(N)C(=O)OS(=O)(=O)c2c1ccc(N=Nc1cccc(N=Nc3ccc(O)c4cccc(NS(=O)(=O)c5ccccc5)c34)c1[N+](=O)[O-])c2[N+](=O)[O-]. The third kappa shape index (κ3) is 7.29. The van der Waals surface area contributed by atoms with E-state index in [1.807, 2.05) is 0 Å². The van der Waals surface area contributed by atoms with Gasteiger partial charge in [0, 0.05) is 16.3 Å². The molecule has 0 bridgehead atoms. The Morgan fingerprint density at radius 2 is 1.42 bits per heavy atom. The highest BCUT2D eigenvalue weighted by Crippen LogP contribution is 2.47. The first-order valence-corrected chi connectivity index (χ1v) is 19.9. The zero-order chi connectivity index (χ0) is 39.7. The number of phenols is 1. The van der Waals surface area contributed by atoms with Crippen LogP contribution in [-0.4, -0.2) is 49.8 Å². The fraction of sp³-hybridized carbons (Fsp3) is 0.121. The molecular formula is C33H26N8O11S3. The summed E-state index contributed by atoms with van der Waals surface area (Å²) in [7, 11) is -9.15. The first kappa shape index (κ1) is 38.4. The monoisotopic (exact) mass is 806 g/mol. The van der Waals surface area contributed by atoms with Crippen LogP contribution in [0.1, 0.15) is 12.0 Å². The summed E-state index contributed by atoms with van der Waals surface area (Å²) in [5.74, 6) is -1.26. The number of nitrogens with one attached hydrogen (secondary N) is 1. The number of benzene rings is 5. The van der Waals surface area contributed by atoms with Crippen LogP contribution in [0.15, 0.2) is 121 Å². The predicted octanol–water partition coefficient (Wildman–Crippen LogP) is 7.15. The summed E-state index contributed by atoms with van der Waals surface area (Å²) in [6, 6.07) is 20.2. The van der Waals surface area contributed by atoms with Crippen LogP contribution in [0.25, 0.3) is 10.8 Å². The van der Waals surface area contributed by atoms with Crippen LogP contribution in [0.5, 0.6) is 5.75 Å². The van der Waals surface area contributed by atoms with Gasteiger partial charge in [0.1, 0.15) is 11.3 Å². The molecule has 0 spiro atoms. The van der Waals surface area contributed by atoms with E-state index < -0.39 is 69.1 Å². The molecule has 0 saturated carbocycles. The highest BCUT2D eigenvalue weighted by atomic mass is 32.2. The third-order valence-electron chi connectivity index (χ3n) is 8.27. The lowest BCUT2D eigenvalue weighted by Gasteiger charge is -2.32. The number of hydrogen-bond acceptors (Lipinski definition) is 17. The Kier molecular flexibility index (Phi) is 10.3. The van der Waals surface area contributed by atoms with E-state index in [2.05, 4.69) is 29.4 Å². The summed E-state index contributed by atoms with van der Waals surface area (Å²) in [5.41, 5.74) is 0.492. The molecule has 1 atom stereocenters. The van der Waals surface area contributed by atoms with Crippen molar-refractivity contribution < 1.29 is 40.8 Å². The molecule has 0 amide bonds. The molecule has 1 aliphatic heterocycles. The van der Waals surface area contributed by atoms with E-state index in [4.69, 9.17) is 5.73 Å². The van der Waals surface area contributed by atoms with E-state index >= 15 is 0 Å². The minimum Gasteiger partial charge on any atom is -0.507 e. The maximum atomic E-state index is 13.2. The van der Waals surface area contributed by atoms with Gasteiger partial charge in [-0.2, -0.15) is 20.2 Å². The van der Waals surface area contributed by atoms with Gasteiger partial charge in [0.15, 0.2) is 22.0 Å². The van der Waals surface area contributed by atoms with Gasteiger partial charge in [-0.15, -0.1) is 20.5 Å². The topological polar surface area (TPSA) is 289 Å². The van der Waals surface area contributed by atoms with Crippen molar-refractivity contribution in [3.05, 3.63) is 117 Å². The van der Waals surface area contributed by atoms with Crippen molar-refractivity contribution in [2.45, 2.75) is 21.8 Å². The molecule has 1 aliphatic rings. The third-order valence-corrected chi connectivity index (χ3v) is 11.6. The lowest BCUT2D eigenvalue weighted by molar-refractivity contribution is -0.387. The number of carbonyl (C=O) groups excluding carboxylic acids is 1. The number of nitrogens with zero attached hydrogens (tertiary/aromatic N) is 6. The molecule has 0 saturated heterocycles. The Morgan fingerprint density at radius 1 is 0.836 bits per heavy atom. The number of aromatic hydroxyl groups is 1. The van der Waals surface area contributed by atoms with Crippen LogP contribution in [0.2, 0.25) is 0 Å². The van der Waals surface area contributed by atoms with Gasteiger partial charge < -0.3 is 15.0 Å². The van der Waals surface area contributed by atoms with Crippen molar-refractivity contribution >= 4 is 88.5 Å². The van der Waals surface area contributed by atoms with Crippen molar-refractivity contribution in [3.63, 3.8) is 0 Å². The Balaban J connectivity index is 1.42. The first-order valence-electron chi connectivity index (χ1n) is 15.6. The number of phenolic OH excluding ortho intramolecular Hbond substituents is 1. The molecule has 22 heteroatoms. The minimum atomic E-state index is -5.05. The van der Waals surface area contributed by atoms with Crippen LogP contribution in [0, 0.1) is 20.2 Å². The van der Waals surface area contributed by atoms with Crippen molar-refractivity contribution in [3.8, 4) is 5.75 Å². The number of rotatable bonds is 12. The highest BCUT2D eigenvalue weighted by molar-refractivity contribution is 7.98. The number of fused-ring (bicyclic) bond motifs is 2. The number of anilines is 1. The molecule has 5 aromatic rings. The largest absolute Gasteiger partial charge is 0.507 e. The number of nitro benzene ring substituents is 2. The van der Waals surface area contributed by atoms with Crippen LogP contribution >= 0.6 is 11.8 Å². The molecule has 4 N–H and O–H groups in total. The summed E-state index contributed by atoms with van der Waals surface area (Å²) < 4.78 is 59.4. The smallest absolute Gasteiger partial charge is 0.349 e. The molecule has 1 heterocycles. The normalized spacial score (nSPS) is 16.6. The molecule has 0 aromatic heterocycles. The molecule has 55 heavy (non-hydrogen) atoms. The van der Waals surface area contributed by atoms with Crippen molar-refractivity contribution in [2.24, 2.45) is 26.2 Å². The van der Waals surface area contributed by atoms with E-state index in [1.54, 1.807) is 24.5 Å². The number of sulfonamides is 1. The van der Waals surface area contributed by atoms with Crippen LogP contribution < -0.4 is 10.5 Å². The number of hydrogen-bond donors (Lipinski definition) is 3. The van der Waals surface area contributed by atoms with E-state index in [0.29, 0.717) is 0 Å². The Morgan fingerprint density at radius 3 is 2.04 bits per heavy atom. The van der Waals surface area contributed by atoms with E-state index in [-0.39, 0.29) is 56.2 Å². The molecule has 5 aromatic carbocycles. The van der Waals surface area contributed by atoms with E-state index in [9.17, 15) is 47.0 Å². The Bertz CT molecular complexity index is 2690. The molecule has 6 rings (SSSR count). The predicted molar refractivity (Wildman–Crippen MR) is 200 cm³/mol. The van der Waals surface area contributed by atoms with Crippen molar-refractivity contribution in [2.75, 3.05) is 16.7 Å². The molecule has 0 aliphatic carbocycles. The van der Waals surface area contributed by atoms with Gasteiger partial charge >= 0.3 is 27.5 Å².